The van der Waals surface area contributed by atoms with Gasteiger partial charge in [-0.1, -0.05) is 42.5 Å². The molecule has 0 saturated carbocycles. The van der Waals surface area contributed by atoms with Gasteiger partial charge in [0, 0.05) is 11.8 Å². The van der Waals surface area contributed by atoms with Crippen molar-refractivity contribution in [2.45, 2.75) is 0 Å². The minimum Gasteiger partial charge on any atom is -0.424 e. The zero-order valence-corrected chi connectivity index (χ0v) is 10.6. The van der Waals surface area contributed by atoms with Crippen molar-refractivity contribution in [3.63, 3.8) is 0 Å². The van der Waals surface area contributed by atoms with E-state index in [-0.39, 0.29) is 0 Å². The Hall–Kier alpha value is -1.19. The van der Waals surface area contributed by atoms with Crippen molar-refractivity contribution in [1.29, 1.82) is 0 Å². The molecule has 0 heterocycles. The van der Waals surface area contributed by atoms with Gasteiger partial charge in [0.15, 0.2) is 0 Å². The second-order valence-corrected chi connectivity index (χ2v) is 6.07. The average molecular weight is 266 g/mol. The molecule has 0 aliphatic carbocycles. The van der Waals surface area contributed by atoms with Gasteiger partial charge in [0.1, 0.15) is 5.75 Å². The fourth-order valence-corrected chi connectivity index (χ4v) is 2.15. The summed E-state index contributed by atoms with van der Waals surface area (Å²) in [7, 11) is 0. The highest BCUT2D eigenvalue weighted by Gasteiger charge is 2.10. The monoisotopic (exact) mass is 266 g/mol. The Balaban J connectivity index is 2.32. The third-order valence-electron chi connectivity index (χ3n) is 2.17. The van der Waals surface area contributed by atoms with Crippen molar-refractivity contribution >= 4 is 18.5 Å². The highest BCUT2D eigenvalue weighted by atomic mass is 32.5. The lowest BCUT2D eigenvalue weighted by Crippen LogP contribution is -1.89. The molecule has 2 rings (SSSR count). The SMILES string of the molecule is OP(O)(=S)Oc1cccc(-c2ccccc2)c1. The highest BCUT2D eigenvalue weighted by Crippen LogP contribution is 2.38. The number of hydrogen-bond donors (Lipinski definition) is 2. The van der Waals surface area contributed by atoms with E-state index in [1.165, 1.54) is 0 Å². The molecule has 0 spiro atoms. The summed E-state index contributed by atoms with van der Waals surface area (Å²) in [4.78, 5) is 18.2. The Morgan fingerprint density at radius 2 is 1.53 bits per heavy atom. The fraction of sp³-hybridized carbons (Fsp3) is 0. The summed E-state index contributed by atoms with van der Waals surface area (Å²) in [5.41, 5.74) is 1.97. The second kappa shape index (κ2) is 4.98. The number of hydrogen-bond acceptors (Lipinski definition) is 2. The van der Waals surface area contributed by atoms with E-state index in [1.54, 1.807) is 18.2 Å². The molecule has 2 N–H and O–H groups in total. The maximum atomic E-state index is 9.09. The second-order valence-electron chi connectivity index (χ2n) is 3.48. The number of rotatable bonds is 3. The zero-order valence-electron chi connectivity index (χ0n) is 8.85. The molecule has 0 atom stereocenters. The molecule has 0 aliphatic rings. The van der Waals surface area contributed by atoms with Gasteiger partial charge < -0.3 is 14.3 Å². The van der Waals surface area contributed by atoms with Gasteiger partial charge in [-0.15, -0.1) is 0 Å². The van der Waals surface area contributed by atoms with Crippen LogP contribution in [0.1, 0.15) is 0 Å². The molecule has 0 aliphatic heterocycles. The van der Waals surface area contributed by atoms with Gasteiger partial charge in [0.25, 0.3) is 0 Å². The normalized spacial score (nSPS) is 11.2. The molecule has 88 valence electrons. The Bertz CT molecular complexity index is 551. The first kappa shape index (κ1) is 12.3. The van der Waals surface area contributed by atoms with Gasteiger partial charge in [0.2, 0.25) is 0 Å². The van der Waals surface area contributed by atoms with Gasteiger partial charge in [0.05, 0.1) is 0 Å². The first-order chi connectivity index (χ1) is 8.04. The average Bonchev–Trinajstić information content (AvgIpc) is 2.28. The van der Waals surface area contributed by atoms with Crippen molar-refractivity contribution in [3.05, 3.63) is 54.6 Å². The fourth-order valence-electron chi connectivity index (χ4n) is 1.50. The number of benzene rings is 2. The van der Waals surface area contributed by atoms with Crippen LogP contribution in [-0.4, -0.2) is 9.79 Å². The Morgan fingerprint density at radius 1 is 0.882 bits per heavy atom. The lowest BCUT2D eigenvalue weighted by molar-refractivity contribution is 0.370. The molecule has 17 heavy (non-hydrogen) atoms. The van der Waals surface area contributed by atoms with Crippen LogP contribution < -0.4 is 4.52 Å². The molecule has 5 heteroatoms. The first-order valence-corrected chi connectivity index (χ1v) is 7.58. The Kier molecular flexibility index (Phi) is 3.60. The van der Waals surface area contributed by atoms with Crippen LogP contribution in [0.2, 0.25) is 0 Å². The van der Waals surface area contributed by atoms with Crippen molar-refractivity contribution < 1.29 is 14.3 Å². The van der Waals surface area contributed by atoms with Crippen LogP contribution in [0.25, 0.3) is 11.1 Å². The molecule has 3 nitrogen and oxygen atoms in total. The van der Waals surface area contributed by atoms with Gasteiger partial charge >= 0.3 is 6.72 Å². The smallest absolute Gasteiger partial charge is 0.375 e. The minimum atomic E-state index is -3.67. The molecule has 0 radical (unpaired) electrons. The van der Waals surface area contributed by atoms with Crippen molar-refractivity contribution in [3.8, 4) is 16.9 Å². The zero-order chi connectivity index (χ0) is 12.3. The van der Waals surface area contributed by atoms with Crippen LogP contribution in [0.15, 0.2) is 54.6 Å². The topological polar surface area (TPSA) is 49.7 Å². The summed E-state index contributed by atoms with van der Waals surface area (Å²) < 4.78 is 4.90. The lowest BCUT2D eigenvalue weighted by atomic mass is 10.1. The summed E-state index contributed by atoms with van der Waals surface area (Å²) in [6.07, 6.45) is 0. The minimum absolute atomic E-state index is 0.361. The summed E-state index contributed by atoms with van der Waals surface area (Å²) >= 11 is 4.43. The molecule has 0 aromatic heterocycles. The van der Waals surface area contributed by atoms with Crippen LogP contribution in [-0.2, 0) is 11.8 Å². The molecule has 2 aromatic rings. The Morgan fingerprint density at radius 3 is 2.18 bits per heavy atom. The molecule has 0 fully saturated rings. The predicted octanol–water partition coefficient (Wildman–Crippen LogP) is 2.94. The summed E-state index contributed by atoms with van der Waals surface area (Å²) in [6.45, 7) is -3.67. The van der Waals surface area contributed by atoms with Crippen LogP contribution in [0.5, 0.6) is 5.75 Å². The third-order valence-corrected chi connectivity index (χ3v) is 2.84. The summed E-state index contributed by atoms with van der Waals surface area (Å²) in [5, 5.41) is 0. The standard InChI is InChI=1S/C12H11O3PS/c13-16(14,17)15-12-8-4-7-11(9-12)10-5-2-1-3-6-10/h1-9H,(H2,13,14,17). The van der Waals surface area contributed by atoms with E-state index in [0.29, 0.717) is 5.75 Å². The molecular weight excluding hydrogens is 255 g/mol. The largest absolute Gasteiger partial charge is 0.424 e. The van der Waals surface area contributed by atoms with E-state index < -0.39 is 6.72 Å². The van der Waals surface area contributed by atoms with E-state index in [2.05, 4.69) is 11.8 Å². The van der Waals surface area contributed by atoms with Gasteiger partial charge in [-0.2, -0.15) is 0 Å². The molecular formula is C12H11O3PS. The van der Waals surface area contributed by atoms with Gasteiger partial charge in [-0.25, -0.2) is 0 Å². The van der Waals surface area contributed by atoms with Gasteiger partial charge in [-0.05, 0) is 23.3 Å². The van der Waals surface area contributed by atoms with Crippen LogP contribution >= 0.6 is 6.72 Å². The molecule has 0 saturated heterocycles. The first-order valence-electron chi connectivity index (χ1n) is 4.95. The quantitative estimate of drug-likeness (QED) is 0.839. The third kappa shape index (κ3) is 3.65. The molecule has 0 unspecified atom stereocenters. The highest BCUT2D eigenvalue weighted by molar-refractivity contribution is 8.06. The van der Waals surface area contributed by atoms with E-state index >= 15 is 0 Å². The van der Waals surface area contributed by atoms with Gasteiger partial charge in [-0.3, -0.25) is 0 Å². The van der Waals surface area contributed by atoms with E-state index in [4.69, 9.17) is 14.3 Å². The molecule has 0 amide bonds. The van der Waals surface area contributed by atoms with Crippen LogP contribution in [0.3, 0.4) is 0 Å². The van der Waals surface area contributed by atoms with Crippen molar-refractivity contribution in [1.82, 2.24) is 0 Å². The maximum Gasteiger partial charge on any atom is 0.375 e. The molecule has 2 aromatic carbocycles. The van der Waals surface area contributed by atoms with Crippen LogP contribution in [0, 0.1) is 0 Å². The Labute approximate surface area is 105 Å². The predicted molar refractivity (Wildman–Crippen MR) is 71.2 cm³/mol. The lowest BCUT2D eigenvalue weighted by Gasteiger charge is -2.11. The van der Waals surface area contributed by atoms with E-state index in [9.17, 15) is 0 Å². The van der Waals surface area contributed by atoms with Crippen LogP contribution in [0.4, 0.5) is 0 Å². The van der Waals surface area contributed by atoms with E-state index in [0.717, 1.165) is 11.1 Å². The molecule has 0 bridgehead atoms. The van der Waals surface area contributed by atoms with Crippen molar-refractivity contribution in [2.75, 3.05) is 0 Å². The summed E-state index contributed by atoms with van der Waals surface area (Å²) in [5.74, 6) is 0.361. The maximum absolute atomic E-state index is 9.09. The van der Waals surface area contributed by atoms with Crippen molar-refractivity contribution in [2.24, 2.45) is 0 Å². The van der Waals surface area contributed by atoms with E-state index in [1.807, 2.05) is 36.4 Å². The summed E-state index contributed by atoms with van der Waals surface area (Å²) in [6, 6.07) is 16.8.